The summed E-state index contributed by atoms with van der Waals surface area (Å²) in [7, 11) is 0. The van der Waals surface area contributed by atoms with Crippen molar-refractivity contribution < 1.29 is 5.11 Å². The lowest BCUT2D eigenvalue weighted by Crippen LogP contribution is -2.12. The second-order valence-corrected chi connectivity index (χ2v) is 4.23. The summed E-state index contributed by atoms with van der Waals surface area (Å²) in [5.41, 5.74) is 8.48. The molecule has 0 aliphatic rings. The summed E-state index contributed by atoms with van der Waals surface area (Å²) < 4.78 is 0. The van der Waals surface area contributed by atoms with E-state index in [2.05, 4.69) is 4.98 Å². The van der Waals surface area contributed by atoms with Crippen molar-refractivity contribution in [3.05, 3.63) is 65.0 Å². The fraction of sp³-hybridized carbons (Fsp3) is 0.143. The van der Waals surface area contributed by atoms with Gasteiger partial charge in [-0.1, -0.05) is 29.8 Å². The SMILES string of the molecule is Cc1ccc(C(O)c2cncc(C(=N)N)c2)cc1. The Balaban J connectivity index is 2.33. The smallest absolute Gasteiger partial charge is 0.124 e. The van der Waals surface area contributed by atoms with Gasteiger partial charge in [0.2, 0.25) is 0 Å². The first-order valence-corrected chi connectivity index (χ1v) is 5.62. The molecule has 18 heavy (non-hydrogen) atoms. The molecule has 1 aromatic carbocycles. The third kappa shape index (κ3) is 2.55. The standard InChI is InChI=1S/C14H15N3O/c1-9-2-4-10(5-3-9)13(18)11-6-12(14(15)16)8-17-7-11/h2-8,13,18H,1H3,(H3,15,16). The van der Waals surface area contributed by atoms with Gasteiger partial charge in [-0.2, -0.15) is 0 Å². The van der Waals surface area contributed by atoms with E-state index < -0.39 is 6.10 Å². The molecule has 0 fully saturated rings. The summed E-state index contributed by atoms with van der Waals surface area (Å²) in [6.45, 7) is 1.99. The monoisotopic (exact) mass is 241 g/mol. The first-order chi connectivity index (χ1) is 8.58. The number of rotatable bonds is 3. The molecule has 4 nitrogen and oxygen atoms in total. The second-order valence-electron chi connectivity index (χ2n) is 4.23. The fourth-order valence-electron chi connectivity index (χ4n) is 1.70. The second kappa shape index (κ2) is 4.98. The normalized spacial score (nSPS) is 12.1. The number of nitrogens with zero attached hydrogens (tertiary/aromatic N) is 1. The molecule has 0 amide bonds. The summed E-state index contributed by atoms with van der Waals surface area (Å²) in [6, 6.07) is 9.32. The molecule has 0 aliphatic heterocycles. The zero-order valence-electron chi connectivity index (χ0n) is 10.1. The third-order valence-corrected chi connectivity index (χ3v) is 2.78. The molecule has 1 heterocycles. The van der Waals surface area contributed by atoms with E-state index >= 15 is 0 Å². The highest BCUT2D eigenvalue weighted by Crippen LogP contribution is 2.22. The summed E-state index contributed by atoms with van der Waals surface area (Å²) in [5.74, 6) is -0.0551. The van der Waals surface area contributed by atoms with Gasteiger partial charge in [-0.25, -0.2) is 0 Å². The number of aryl methyl sites for hydroxylation is 1. The van der Waals surface area contributed by atoms with E-state index in [1.54, 1.807) is 12.3 Å². The van der Waals surface area contributed by atoms with Crippen molar-refractivity contribution in [2.45, 2.75) is 13.0 Å². The number of aliphatic hydroxyl groups excluding tert-OH is 1. The highest BCUT2D eigenvalue weighted by Gasteiger charge is 2.11. The molecule has 1 unspecified atom stereocenters. The maximum Gasteiger partial charge on any atom is 0.124 e. The van der Waals surface area contributed by atoms with Crippen molar-refractivity contribution in [2.24, 2.45) is 5.73 Å². The van der Waals surface area contributed by atoms with E-state index in [1.807, 2.05) is 31.2 Å². The van der Waals surface area contributed by atoms with E-state index in [-0.39, 0.29) is 5.84 Å². The van der Waals surface area contributed by atoms with Crippen LogP contribution in [0.3, 0.4) is 0 Å². The molecule has 2 rings (SSSR count). The maximum absolute atomic E-state index is 10.2. The lowest BCUT2D eigenvalue weighted by molar-refractivity contribution is 0.220. The Bertz CT molecular complexity index is 564. The minimum Gasteiger partial charge on any atom is -0.384 e. The van der Waals surface area contributed by atoms with E-state index in [9.17, 15) is 5.11 Å². The Morgan fingerprint density at radius 3 is 2.50 bits per heavy atom. The van der Waals surface area contributed by atoms with Crippen molar-refractivity contribution in [1.29, 1.82) is 5.41 Å². The molecule has 92 valence electrons. The van der Waals surface area contributed by atoms with Crippen LogP contribution in [0.25, 0.3) is 0 Å². The highest BCUT2D eigenvalue weighted by molar-refractivity contribution is 5.94. The number of hydrogen-bond donors (Lipinski definition) is 3. The number of aromatic nitrogens is 1. The number of nitrogens with one attached hydrogen (secondary N) is 1. The number of pyridine rings is 1. The molecule has 1 atom stereocenters. The number of nitrogens with two attached hydrogens (primary N) is 1. The summed E-state index contributed by atoms with van der Waals surface area (Å²) >= 11 is 0. The van der Waals surface area contributed by atoms with Crippen LogP contribution in [0.15, 0.2) is 42.7 Å². The van der Waals surface area contributed by atoms with Crippen molar-refractivity contribution in [3.63, 3.8) is 0 Å². The predicted molar refractivity (Wildman–Crippen MR) is 70.5 cm³/mol. The summed E-state index contributed by atoms with van der Waals surface area (Å²) in [4.78, 5) is 3.99. The lowest BCUT2D eigenvalue weighted by atomic mass is 10.0. The Hall–Kier alpha value is -2.20. The van der Waals surface area contributed by atoms with Crippen LogP contribution in [-0.2, 0) is 0 Å². The first-order valence-electron chi connectivity index (χ1n) is 5.62. The van der Waals surface area contributed by atoms with Gasteiger partial charge in [0, 0.05) is 23.5 Å². The average Bonchev–Trinajstić information content (AvgIpc) is 2.39. The Morgan fingerprint density at radius 2 is 1.89 bits per heavy atom. The van der Waals surface area contributed by atoms with Gasteiger partial charge in [0.1, 0.15) is 11.9 Å². The quantitative estimate of drug-likeness (QED) is 0.565. The molecule has 4 N–H and O–H groups in total. The number of hydrogen-bond acceptors (Lipinski definition) is 3. The molecule has 2 aromatic rings. The molecule has 0 saturated carbocycles. The minimum absolute atomic E-state index is 0.0551. The Labute approximate surface area is 106 Å². The molecule has 1 aromatic heterocycles. The topological polar surface area (TPSA) is 83.0 Å². The van der Waals surface area contributed by atoms with Crippen LogP contribution in [-0.4, -0.2) is 15.9 Å². The van der Waals surface area contributed by atoms with Crippen LogP contribution >= 0.6 is 0 Å². The van der Waals surface area contributed by atoms with Gasteiger partial charge < -0.3 is 10.8 Å². The number of benzene rings is 1. The highest BCUT2D eigenvalue weighted by atomic mass is 16.3. The molecular formula is C14H15N3O. The predicted octanol–water partition coefficient (Wildman–Crippen LogP) is 1.76. The first kappa shape index (κ1) is 12.3. The lowest BCUT2D eigenvalue weighted by Gasteiger charge is -2.12. The molecule has 0 bridgehead atoms. The van der Waals surface area contributed by atoms with E-state index in [4.69, 9.17) is 11.1 Å². The van der Waals surface area contributed by atoms with E-state index in [1.165, 1.54) is 6.20 Å². The molecule has 4 heteroatoms. The third-order valence-electron chi connectivity index (χ3n) is 2.78. The molecule has 0 saturated heterocycles. The zero-order chi connectivity index (χ0) is 13.1. The van der Waals surface area contributed by atoms with E-state index in [0.29, 0.717) is 11.1 Å². The maximum atomic E-state index is 10.2. The number of nitrogen functional groups attached to an aromatic ring is 1. The van der Waals surface area contributed by atoms with Crippen LogP contribution in [0.4, 0.5) is 0 Å². The zero-order valence-corrected chi connectivity index (χ0v) is 10.1. The van der Waals surface area contributed by atoms with Gasteiger partial charge >= 0.3 is 0 Å². The van der Waals surface area contributed by atoms with Gasteiger partial charge in [0.05, 0.1) is 0 Å². The summed E-state index contributed by atoms with van der Waals surface area (Å²) in [6.07, 6.45) is 2.34. The molecule has 0 spiro atoms. The van der Waals surface area contributed by atoms with Gasteiger partial charge in [0.15, 0.2) is 0 Å². The molecule has 0 radical (unpaired) electrons. The van der Waals surface area contributed by atoms with Gasteiger partial charge in [-0.05, 0) is 18.6 Å². The van der Waals surface area contributed by atoms with Crippen LogP contribution in [0.1, 0.15) is 28.4 Å². The number of amidine groups is 1. The number of aliphatic hydroxyl groups is 1. The van der Waals surface area contributed by atoms with Gasteiger partial charge in [-0.3, -0.25) is 10.4 Å². The minimum atomic E-state index is -0.752. The van der Waals surface area contributed by atoms with Crippen LogP contribution in [0.5, 0.6) is 0 Å². The van der Waals surface area contributed by atoms with Crippen LogP contribution in [0, 0.1) is 12.3 Å². The van der Waals surface area contributed by atoms with Gasteiger partial charge in [-0.15, -0.1) is 0 Å². The van der Waals surface area contributed by atoms with Crippen LogP contribution < -0.4 is 5.73 Å². The molecular weight excluding hydrogens is 226 g/mol. The largest absolute Gasteiger partial charge is 0.384 e. The van der Waals surface area contributed by atoms with Gasteiger partial charge in [0.25, 0.3) is 0 Å². The average molecular weight is 241 g/mol. The van der Waals surface area contributed by atoms with E-state index in [0.717, 1.165) is 11.1 Å². The van der Waals surface area contributed by atoms with Crippen molar-refractivity contribution in [1.82, 2.24) is 4.98 Å². The Morgan fingerprint density at radius 1 is 1.22 bits per heavy atom. The van der Waals surface area contributed by atoms with Crippen LogP contribution in [0.2, 0.25) is 0 Å². The Kier molecular flexibility index (Phi) is 3.39. The van der Waals surface area contributed by atoms with Crippen molar-refractivity contribution in [3.8, 4) is 0 Å². The van der Waals surface area contributed by atoms with Crippen molar-refractivity contribution in [2.75, 3.05) is 0 Å². The summed E-state index contributed by atoms with van der Waals surface area (Å²) in [5, 5.41) is 17.6. The fourth-order valence-corrected chi connectivity index (χ4v) is 1.70. The van der Waals surface area contributed by atoms with Crippen molar-refractivity contribution >= 4 is 5.84 Å². The molecule has 0 aliphatic carbocycles.